The van der Waals surface area contributed by atoms with Gasteiger partial charge >= 0.3 is 5.97 Å². The van der Waals surface area contributed by atoms with Crippen molar-refractivity contribution in [2.24, 2.45) is 5.41 Å². The SMILES string of the molecule is COc1sc(NC(=O)c2cc(F)c(C=C(C)C(=O)O)c(F)c2)nc1-c1cccc(CCC(C)(C)C)c1. The van der Waals surface area contributed by atoms with Crippen LogP contribution in [0.2, 0.25) is 0 Å². The third kappa shape index (κ3) is 6.75. The second-order valence-corrected chi connectivity index (χ2v) is 10.5. The smallest absolute Gasteiger partial charge is 0.331 e. The lowest BCUT2D eigenvalue weighted by Gasteiger charge is -2.17. The second-order valence-electron chi connectivity index (χ2n) is 9.56. The number of methoxy groups -OCH3 is 1. The fourth-order valence-electron chi connectivity index (χ4n) is 3.37. The molecule has 1 amide bonds. The summed E-state index contributed by atoms with van der Waals surface area (Å²) in [6.07, 6.45) is 2.80. The average Bonchev–Trinajstić information content (AvgIpc) is 3.22. The summed E-state index contributed by atoms with van der Waals surface area (Å²) in [5.41, 5.74) is 1.70. The Labute approximate surface area is 212 Å². The van der Waals surface area contributed by atoms with Gasteiger partial charge in [0.2, 0.25) is 5.06 Å². The van der Waals surface area contributed by atoms with Crippen LogP contribution < -0.4 is 10.1 Å². The molecule has 0 saturated heterocycles. The van der Waals surface area contributed by atoms with Gasteiger partial charge in [0.15, 0.2) is 5.13 Å². The van der Waals surface area contributed by atoms with Gasteiger partial charge in [-0.25, -0.2) is 18.6 Å². The summed E-state index contributed by atoms with van der Waals surface area (Å²) >= 11 is 1.10. The van der Waals surface area contributed by atoms with E-state index in [1.807, 2.05) is 18.2 Å². The number of carboxylic acid groups (broad SMARTS) is 1. The van der Waals surface area contributed by atoms with Gasteiger partial charge in [-0.3, -0.25) is 10.1 Å². The maximum atomic E-state index is 14.5. The van der Waals surface area contributed by atoms with E-state index in [0.29, 0.717) is 10.8 Å². The van der Waals surface area contributed by atoms with Gasteiger partial charge < -0.3 is 9.84 Å². The first-order valence-electron chi connectivity index (χ1n) is 11.2. The Bertz CT molecular complexity index is 1300. The molecule has 0 aliphatic heterocycles. The minimum atomic E-state index is -1.30. The number of aliphatic carboxylic acids is 1. The van der Waals surface area contributed by atoms with Gasteiger partial charge in [-0.2, -0.15) is 0 Å². The van der Waals surface area contributed by atoms with Crippen molar-refractivity contribution in [1.29, 1.82) is 0 Å². The number of carbonyl (C=O) groups is 2. The Morgan fingerprint density at radius 3 is 2.42 bits per heavy atom. The van der Waals surface area contributed by atoms with Crippen molar-refractivity contribution in [3.05, 3.63) is 70.3 Å². The fourth-order valence-corrected chi connectivity index (χ4v) is 4.17. The van der Waals surface area contributed by atoms with Crippen molar-refractivity contribution in [1.82, 2.24) is 4.98 Å². The molecule has 2 N–H and O–H groups in total. The first-order valence-corrected chi connectivity index (χ1v) is 12.1. The van der Waals surface area contributed by atoms with Gasteiger partial charge in [0.05, 0.1) is 7.11 Å². The molecule has 0 unspecified atom stereocenters. The molecular weight excluding hydrogens is 486 g/mol. The summed E-state index contributed by atoms with van der Waals surface area (Å²) in [6.45, 7) is 7.78. The van der Waals surface area contributed by atoms with Gasteiger partial charge in [0.25, 0.3) is 5.91 Å². The van der Waals surface area contributed by atoms with E-state index in [-0.39, 0.29) is 21.7 Å². The highest BCUT2D eigenvalue weighted by molar-refractivity contribution is 7.18. The van der Waals surface area contributed by atoms with Gasteiger partial charge in [-0.15, -0.1) is 0 Å². The zero-order chi connectivity index (χ0) is 26.6. The lowest BCUT2D eigenvalue weighted by molar-refractivity contribution is -0.132. The number of nitrogens with zero attached hydrogens (tertiary/aromatic N) is 1. The van der Waals surface area contributed by atoms with Gasteiger partial charge in [-0.1, -0.05) is 50.3 Å². The predicted molar refractivity (Wildman–Crippen MR) is 137 cm³/mol. The van der Waals surface area contributed by atoms with Crippen LogP contribution in [-0.4, -0.2) is 29.1 Å². The number of hydrogen-bond donors (Lipinski definition) is 2. The van der Waals surface area contributed by atoms with Crippen LogP contribution in [0.15, 0.2) is 42.0 Å². The van der Waals surface area contributed by atoms with Crippen LogP contribution in [-0.2, 0) is 11.2 Å². The van der Waals surface area contributed by atoms with Crippen molar-refractivity contribution < 1.29 is 28.2 Å². The third-order valence-electron chi connectivity index (χ3n) is 5.41. The number of halogens is 2. The Balaban J connectivity index is 1.84. The van der Waals surface area contributed by atoms with Gasteiger partial charge in [-0.05, 0) is 55.0 Å². The molecule has 3 rings (SSSR count). The molecule has 0 aliphatic rings. The normalized spacial score (nSPS) is 11.9. The van der Waals surface area contributed by atoms with Gasteiger partial charge in [0.1, 0.15) is 17.3 Å². The number of aryl methyl sites for hydroxylation is 1. The minimum absolute atomic E-state index is 0.203. The van der Waals surface area contributed by atoms with Crippen LogP contribution >= 0.6 is 11.3 Å². The highest BCUT2D eigenvalue weighted by atomic mass is 32.1. The summed E-state index contributed by atoms with van der Waals surface area (Å²) in [5, 5.41) is 12.2. The van der Waals surface area contributed by atoms with E-state index in [2.05, 4.69) is 37.1 Å². The van der Waals surface area contributed by atoms with Crippen molar-refractivity contribution in [2.75, 3.05) is 12.4 Å². The molecule has 3 aromatic rings. The molecule has 0 saturated carbocycles. The number of hydrogen-bond acceptors (Lipinski definition) is 5. The molecule has 0 radical (unpaired) electrons. The van der Waals surface area contributed by atoms with Crippen molar-refractivity contribution in [2.45, 2.75) is 40.5 Å². The molecule has 190 valence electrons. The second kappa shape index (κ2) is 11.0. The lowest BCUT2D eigenvalue weighted by Crippen LogP contribution is -2.13. The molecule has 0 spiro atoms. The standard InChI is InChI=1S/C27H28F2N2O4S/c1-15(24(33)34)11-19-20(28)13-18(14-21(19)29)23(32)31-26-30-22(25(35-5)36-26)17-8-6-7-16(12-17)9-10-27(2,3)4/h6-8,11-14H,9-10H2,1-5H3,(H,33,34)(H,30,31,32). The van der Waals surface area contributed by atoms with Crippen LogP contribution in [0.5, 0.6) is 5.06 Å². The Kier molecular flexibility index (Phi) is 8.24. The fraction of sp³-hybridized carbons (Fsp3) is 0.296. The van der Waals surface area contributed by atoms with Crippen LogP contribution in [0, 0.1) is 17.0 Å². The monoisotopic (exact) mass is 514 g/mol. The zero-order valence-corrected chi connectivity index (χ0v) is 21.6. The number of thiazole rings is 1. The number of rotatable bonds is 8. The number of benzene rings is 2. The van der Waals surface area contributed by atoms with E-state index < -0.39 is 29.1 Å². The van der Waals surface area contributed by atoms with Gasteiger partial charge in [0, 0.05) is 22.3 Å². The summed E-state index contributed by atoms with van der Waals surface area (Å²) in [4.78, 5) is 28.2. The molecule has 0 fully saturated rings. The molecule has 9 heteroatoms. The van der Waals surface area contributed by atoms with Crippen LogP contribution in [0.4, 0.5) is 13.9 Å². The molecule has 1 heterocycles. The van der Waals surface area contributed by atoms with E-state index in [4.69, 9.17) is 9.84 Å². The zero-order valence-electron chi connectivity index (χ0n) is 20.7. The summed E-state index contributed by atoms with van der Waals surface area (Å²) in [6, 6.07) is 9.63. The lowest BCUT2D eigenvalue weighted by atomic mass is 9.88. The maximum Gasteiger partial charge on any atom is 0.331 e. The van der Waals surface area contributed by atoms with E-state index in [1.54, 1.807) is 0 Å². The quantitative estimate of drug-likeness (QED) is 0.322. The average molecular weight is 515 g/mol. The number of amides is 1. The van der Waals surface area contributed by atoms with Crippen molar-refractivity contribution in [3.63, 3.8) is 0 Å². The largest absolute Gasteiger partial charge is 0.486 e. The number of anilines is 1. The number of nitrogens with one attached hydrogen (secondary N) is 1. The maximum absolute atomic E-state index is 14.5. The number of ether oxygens (including phenoxy) is 1. The Hall–Kier alpha value is -3.59. The van der Waals surface area contributed by atoms with Crippen molar-refractivity contribution in [3.8, 4) is 16.3 Å². The molecule has 6 nitrogen and oxygen atoms in total. The third-order valence-corrected chi connectivity index (χ3v) is 6.34. The van der Waals surface area contributed by atoms with Crippen LogP contribution in [0.1, 0.15) is 55.6 Å². The first kappa shape index (κ1) is 27.0. The molecule has 0 bridgehead atoms. The highest BCUT2D eigenvalue weighted by Crippen LogP contribution is 2.38. The minimum Gasteiger partial charge on any atom is -0.486 e. The topological polar surface area (TPSA) is 88.5 Å². The van der Waals surface area contributed by atoms with E-state index in [9.17, 15) is 18.4 Å². The number of carboxylic acids is 1. The molecular formula is C27H28F2N2O4S. The Morgan fingerprint density at radius 2 is 1.83 bits per heavy atom. The molecule has 36 heavy (non-hydrogen) atoms. The van der Waals surface area contributed by atoms with E-state index in [1.165, 1.54) is 14.0 Å². The van der Waals surface area contributed by atoms with Crippen LogP contribution in [0.3, 0.4) is 0 Å². The van der Waals surface area contributed by atoms with E-state index in [0.717, 1.165) is 53.5 Å². The molecule has 1 aromatic heterocycles. The highest BCUT2D eigenvalue weighted by Gasteiger charge is 2.19. The Morgan fingerprint density at radius 1 is 1.17 bits per heavy atom. The first-order chi connectivity index (χ1) is 16.9. The molecule has 0 aliphatic carbocycles. The number of carbonyl (C=O) groups excluding carboxylic acids is 1. The van der Waals surface area contributed by atoms with Crippen molar-refractivity contribution >= 4 is 34.4 Å². The predicted octanol–water partition coefficient (Wildman–Crippen LogP) is 6.82. The molecule has 2 aromatic carbocycles. The molecule has 0 atom stereocenters. The summed E-state index contributed by atoms with van der Waals surface area (Å²) in [7, 11) is 1.50. The summed E-state index contributed by atoms with van der Waals surface area (Å²) in [5.74, 6) is -4.17. The van der Waals surface area contributed by atoms with E-state index >= 15 is 0 Å². The number of aromatic nitrogens is 1. The summed E-state index contributed by atoms with van der Waals surface area (Å²) < 4.78 is 34.4. The van der Waals surface area contributed by atoms with Crippen LogP contribution in [0.25, 0.3) is 17.3 Å².